The first-order chi connectivity index (χ1) is 33.3. The maximum absolute atomic E-state index is 13.6. The number of halogens is 3. The van der Waals surface area contributed by atoms with Crippen molar-refractivity contribution in [3.05, 3.63) is 259 Å². The Bertz CT molecular complexity index is 3160. The molecule has 330 valence electrons. The molecule has 10 rings (SSSR count). The highest BCUT2D eigenvalue weighted by atomic mass is 19.4. The molecule has 10 aromatic rings. The molecule has 3 aromatic heterocycles. The maximum atomic E-state index is 13.6. The van der Waals surface area contributed by atoms with Crippen molar-refractivity contribution in [3.63, 3.8) is 0 Å². The van der Waals surface area contributed by atoms with E-state index in [4.69, 9.17) is 15.0 Å². The molecule has 3 nitrogen and oxygen atoms in total. The van der Waals surface area contributed by atoms with Crippen molar-refractivity contribution in [2.45, 2.75) is 31.9 Å². The molecular formula is C62H46F3N3. The highest BCUT2D eigenvalue weighted by Gasteiger charge is 2.30. The Labute approximate surface area is 395 Å². The third-order valence-electron chi connectivity index (χ3n) is 12.5. The molecule has 0 saturated carbocycles. The molecule has 68 heavy (non-hydrogen) atoms. The lowest BCUT2D eigenvalue weighted by atomic mass is 9.87. The van der Waals surface area contributed by atoms with Crippen molar-refractivity contribution in [2.24, 2.45) is 0 Å². The van der Waals surface area contributed by atoms with Gasteiger partial charge < -0.3 is 0 Å². The van der Waals surface area contributed by atoms with Crippen LogP contribution in [0.25, 0.3) is 78.3 Å². The first-order valence-corrected chi connectivity index (χ1v) is 22.9. The Morgan fingerprint density at radius 2 is 0.706 bits per heavy atom. The van der Waals surface area contributed by atoms with E-state index in [0.717, 1.165) is 105 Å². The molecule has 3 heterocycles. The molecule has 0 unspecified atom stereocenters. The van der Waals surface area contributed by atoms with Crippen molar-refractivity contribution >= 4 is 0 Å². The summed E-state index contributed by atoms with van der Waals surface area (Å²) >= 11 is 0. The molecule has 0 saturated heterocycles. The number of pyridine rings is 3. The molecule has 0 aliphatic carbocycles. The zero-order chi connectivity index (χ0) is 46.3. The first-order valence-electron chi connectivity index (χ1n) is 22.9. The van der Waals surface area contributed by atoms with E-state index in [0.29, 0.717) is 11.3 Å². The molecule has 0 N–H and O–H groups in total. The van der Waals surface area contributed by atoms with E-state index < -0.39 is 11.7 Å². The second-order valence-electron chi connectivity index (χ2n) is 17.1. The van der Waals surface area contributed by atoms with Crippen LogP contribution in [-0.2, 0) is 31.9 Å². The standard InChI is InChI=1S/C62H46F3N3/c63-62(64,65)54-32-30-52(31-33-54)61-39-57(49-28-26-48(27-29-49)47-12-4-1-5-13-47)58(42-68-61)56-19-11-10-18-55(56)53-37-45(22-20-43-24-34-59(66-40-43)50-14-6-2-7-15-50)36-46(38-53)23-21-44-25-35-60(67-41-44)51-16-8-3-9-17-51/h1-19,24-42H,20-23H2. The summed E-state index contributed by atoms with van der Waals surface area (Å²) in [6.45, 7) is 0. The van der Waals surface area contributed by atoms with E-state index in [1.54, 1.807) is 0 Å². The van der Waals surface area contributed by atoms with Gasteiger partial charge in [0.2, 0.25) is 0 Å². The molecule has 0 atom stereocenters. The molecule has 0 radical (unpaired) electrons. The van der Waals surface area contributed by atoms with Crippen molar-refractivity contribution in [1.29, 1.82) is 0 Å². The predicted molar refractivity (Wildman–Crippen MR) is 271 cm³/mol. The molecule has 0 amide bonds. The zero-order valence-electron chi connectivity index (χ0n) is 37.2. The summed E-state index contributed by atoms with van der Waals surface area (Å²) in [7, 11) is 0. The number of hydrogen-bond donors (Lipinski definition) is 0. The second kappa shape index (κ2) is 19.7. The summed E-state index contributed by atoms with van der Waals surface area (Å²) < 4.78 is 40.8. The molecule has 0 spiro atoms. The summed E-state index contributed by atoms with van der Waals surface area (Å²) in [6.07, 6.45) is 4.73. The molecule has 0 fully saturated rings. The van der Waals surface area contributed by atoms with Crippen LogP contribution >= 0.6 is 0 Å². The predicted octanol–water partition coefficient (Wildman–Crippen LogP) is 16.1. The SMILES string of the molecule is FC(F)(F)c1ccc(-c2cc(-c3ccc(-c4ccccc4)cc3)c(-c3ccccc3-c3cc(CCc4ccc(-c5ccccc5)nc4)cc(CCc4ccc(-c5ccccc5)nc4)c3)cn2)cc1. The van der Waals surface area contributed by atoms with Gasteiger partial charge in [0.25, 0.3) is 0 Å². The van der Waals surface area contributed by atoms with Crippen molar-refractivity contribution < 1.29 is 13.2 Å². The van der Waals surface area contributed by atoms with Crippen LogP contribution in [-0.4, -0.2) is 15.0 Å². The fourth-order valence-electron chi connectivity index (χ4n) is 8.83. The fourth-order valence-corrected chi connectivity index (χ4v) is 8.83. The van der Waals surface area contributed by atoms with E-state index in [1.807, 2.05) is 85.3 Å². The number of aromatic nitrogens is 3. The van der Waals surface area contributed by atoms with Crippen LogP contribution in [0, 0.1) is 0 Å². The highest BCUT2D eigenvalue weighted by Crippen LogP contribution is 2.41. The van der Waals surface area contributed by atoms with Gasteiger partial charge in [-0.2, -0.15) is 13.2 Å². The quantitative estimate of drug-likeness (QED) is 0.116. The van der Waals surface area contributed by atoms with E-state index in [9.17, 15) is 13.2 Å². The number of rotatable bonds is 13. The Hall–Kier alpha value is -8.22. The van der Waals surface area contributed by atoms with Gasteiger partial charge in [0, 0.05) is 40.8 Å². The minimum absolute atomic E-state index is 0.587. The Morgan fingerprint density at radius 3 is 1.22 bits per heavy atom. The van der Waals surface area contributed by atoms with Crippen LogP contribution in [0.1, 0.15) is 27.8 Å². The molecule has 0 aliphatic rings. The van der Waals surface area contributed by atoms with E-state index >= 15 is 0 Å². The number of aryl methyl sites for hydroxylation is 4. The molecular weight excluding hydrogens is 844 g/mol. The van der Waals surface area contributed by atoms with Gasteiger partial charge in [-0.3, -0.25) is 15.0 Å². The largest absolute Gasteiger partial charge is 0.416 e. The van der Waals surface area contributed by atoms with Crippen molar-refractivity contribution in [3.8, 4) is 78.3 Å². The lowest BCUT2D eigenvalue weighted by Gasteiger charge is -2.18. The number of nitrogens with zero attached hydrogens (tertiary/aromatic N) is 3. The summed E-state index contributed by atoms with van der Waals surface area (Å²) in [5.41, 5.74) is 17.6. The zero-order valence-corrected chi connectivity index (χ0v) is 37.2. The number of hydrogen-bond acceptors (Lipinski definition) is 3. The molecule has 0 bridgehead atoms. The third kappa shape index (κ3) is 10.1. The van der Waals surface area contributed by atoms with Gasteiger partial charge in [0.05, 0.1) is 22.6 Å². The molecule has 0 aliphatic heterocycles. The monoisotopic (exact) mass is 889 g/mol. The average molecular weight is 890 g/mol. The lowest BCUT2D eigenvalue weighted by Crippen LogP contribution is -2.04. The summed E-state index contributed by atoms with van der Waals surface area (Å²) in [6, 6.07) is 70.3. The Balaban J connectivity index is 1.02. The average Bonchev–Trinajstić information content (AvgIpc) is 3.40. The maximum Gasteiger partial charge on any atom is 0.416 e. The minimum atomic E-state index is -4.43. The van der Waals surface area contributed by atoms with E-state index in [1.165, 1.54) is 34.4 Å². The van der Waals surface area contributed by atoms with Crippen molar-refractivity contribution in [1.82, 2.24) is 15.0 Å². The number of benzene rings is 7. The van der Waals surface area contributed by atoms with Gasteiger partial charge in [-0.15, -0.1) is 0 Å². The summed E-state index contributed by atoms with van der Waals surface area (Å²) in [5, 5.41) is 0. The molecule has 7 aromatic carbocycles. The van der Waals surface area contributed by atoms with Crippen LogP contribution in [0.3, 0.4) is 0 Å². The molecule has 6 heteroatoms. The van der Waals surface area contributed by atoms with Gasteiger partial charge >= 0.3 is 6.18 Å². The lowest BCUT2D eigenvalue weighted by molar-refractivity contribution is -0.137. The summed E-state index contributed by atoms with van der Waals surface area (Å²) in [4.78, 5) is 14.5. The van der Waals surface area contributed by atoms with Crippen molar-refractivity contribution in [2.75, 3.05) is 0 Å². The van der Waals surface area contributed by atoms with Crippen LogP contribution in [0.4, 0.5) is 13.2 Å². The van der Waals surface area contributed by atoms with Crippen LogP contribution < -0.4 is 0 Å². The van der Waals surface area contributed by atoms with Crippen LogP contribution in [0.2, 0.25) is 0 Å². The van der Waals surface area contributed by atoms with Gasteiger partial charge in [-0.25, -0.2) is 0 Å². The summed E-state index contributed by atoms with van der Waals surface area (Å²) in [5.74, 6) is 0. The third-order valence-corrected chi connectivity index (χ3v) is 12.5. The second-order valence-corrected chi connectivity index (χ2v) is 17.1. The van der Waals surface area contributed by atoms with Gasteiger partial charge in [-0.1, -0.05) is 182 Å². The van der Waals surface area contributed by atoms with Crippen LogP contribution in [0.15, 0.2) is 231 Å². The van der Waals surface area contributed by atoms with Gasteiger partial charge in [0.15, 0.2) is 0 Å². The van der Waals surface area contributed by atoms with E-state index in [2.05, 4.69) is 121 Å². The number of alkyl halides is 3. The fraction of sp³-hybridized carbons (Fsp3) is 0.0806. The van der Waals surface area contributed by atoms with Gasteiger partial charge in [-0.05, 0) is 117 Å². The minimum Gasteiger partial charge on any atom is -0.256 e. The van der Waals surface area contributed by atoms with Crippen LogP contribution in [0.5, 0.6) is 0 Å². The highest BCUT2D eigenvalue weighted by molar-refractivity contribution is 5.93. The Kier molecular flexibility index (Phi) is 12.7. The van der Waals surface area contributed by atoms with E-state index in [-0.39, 0.29) is 0 Å². The smallest absolute Gasteiger partial charge is 0.256 e. The first kappa shape index (κ1) is 43.7. The Morgan fingerprint density at radius 1 is 0.279 bits per heavy atom. The van der Waals surface area contributed by atoms with Gasteiger partial charge in [0.1, 0.15) is 0 Å². The topological polar surface area (TPSA) is 38.7 Å². The normalized spacial score (nSPS) is 11.4.